The van der Waals surface area contributed by atoms with Crippen molar-refractivity contribution in [1.29, 1.82) is 0 Å². The van der Waals surface area contributed by atoms with Gasteiger partial charge in [0.05, 0.1) is 22.5 Å². The van der Waals surface area contributed by atoms with E-state index in [1.165, 1.54) is 28.9 Å². The number of halogens is 1. The Balaban J connectivity index is 1.94. The zero-order valence-corrected chi connectivity index (χ0v) is 17.6. The van der Waals surface area contributed by atoms with Gasteiger partial charge in [-0.05, 0) is 60.9 Å². The lowest BCUT2D eigenvalue weighted by Gasteiger charge is -2.14. The Hall–Kier alpha value is -3.36. The third-order valence-corrected chi connectivity index (χ3v) is 5.85. The highest BCUT2D eigenvalue weighted by Gasteiger charge is 2.16. The van der Waals surface area contributed by atoms with E-state index in [0.717, 1.165) is 22.1 Å². The third-order valence-electron chi connectivity index (χ3n) is 5.08. The van der Waals surface area contributed by atoms with Crippen molar-refractivity contribution in [2.24, 2.45) is 5.14 Å². The fraction of sp³-hybridized carbons (Fsp3) is 0.130. The summed E-state index contributed by atoms with van der Waals surface area (Å²) in [5.41, 5.74) is 3.13. The summed E-state index contributed by atoms with van der Waals surface area (Å²) in [6, 6.07) is 18.3. The molecule has 6 nitrogen and oxygen atoms in total. The second kappa shape index (κ2) is 8.05. The number of rotatable bonds is 5. The first-order chi connectivity index (χ1) is 14.7. The molecule has 0 aliphatic rings. The minimum Gasteiger partial charge on any atom is -0.267 e. The van der Waals surface area contributed by atoms with Crippen molar-refractivity contribution in [3.63, 3.8) is 0 Å². The molecule has 31 heavy (non-hydrogen) atoms. The highest BCUT2D eigenvalue weighted by molar-refractivity contribution is 7.89. The number of hydrogen-bond acceptors (Lipinski definition) is 4. The molecule has 3 aromatic carbocycles. The molecule has 0 fully saturated rings. The minimum absolute atomic E-state index is 0.168. The van der Waals surface area contributed by atoms with E-state index < -0.39 is 15.8 Å². The summed E-state index contributed by atoms with van der Waals surface area (Å²) in [7, 11) is -3.58. The fourth-order valence-electron chi connectivity index (χ4n) is 3.56. The molecular weight excluding hydrogens is 417 g/mol. The molecule has 0 atom stereocenters. The van der Waals surface area contributed by atoms with Gasteiger partial charge in [-0.25, -0.2) is 17.9 Å². The number of sulfonamides is 1. The van der Waals surface area contributed by atoms with Crippen molar-refractivity contribution in [2.75, 3.05) is 5.75 Å². The van der Waals surface area contributed by atoms with Crippen LogP contribution in [0.4, 0.5) is 4.39 Å². The quantitative estimate of drug-likeness (QED) is 0.518. The molecule has 2 N–H and O–H groups in total. The second-order valence-electron chi connectivity index (χ2n) is 7.36. The van der Waals surface area contributed by atoms with Crippen LogP contribution in [-0.2, 0) is 16.4 Å². The van der Waals surface area contributed by atoms with Gasteiger partial charge in [0.25, 0.3) is 5.56 Å². The minimum atomic E-state index is -3.58. The average molecular weight is 437 g/mol. The van der Waals surface area contributed by atoms with Gasteiger partial charge < -0.3 is 0 Å². The molecule has 0 saturated heterocycles. The van der Waals surface area contributed by atoms with Crippen molar-refractivity contribution in [3.05, 3.63) is 94.0 Å². The molecule has 0 aliphatic heterocycles. The summed E-state index contributed by atoms with van der Waals surface area (Å²) in [4.78, 5) is 13.2. The Kier molecular flexibility index (Phi) is 5.43. The summed E-state index contributed by atoms with van der Waals surface area (Å²) in [6.45, 7) is 1.90. The van der Waals surface area contributed by atoms with Crippen molar-refractivity contribution in [3.8, 4) is 16.9 Å². The lowest BCUT2D eigenvalue weighted by molar-refractivity contribution is 0.597. The zero-order chi connectivity index (χ0) is 22.2. The first kappa shape index (κ1) is 20.9. The van der Waals surface area contributed by atoms with E-state index >= 15 is 0 Å². The highest BCUT2D eigenvalue weighted by Crippen LogP contribution is 2.28. The van der Waals surface area contributed by atoms with Crippen molar-refractivity contribution < 1.29 is 12.8 Å². The molecule has 1 aromatic heterocycles. The van der Waals surface area contributed by atoms with E-state index in [0.29, 0.717) is 16.8 Å². The maximum atomic E-state index is 13.4. The topological polar surface area (TPSA) is 95.0 Å². The summed E-state index contributed by atoms with van der Waals surface area (Å²) in [6.07, 6.45) is 0.265. The predicted molar refractivity (Wildman–Crippen MR) is 119 cm³/mol. The zero-order valence-electron chi connectivity index (χ0n) is 16.7. The molecule has 158 valence electrons. The SMILES string of the molecule is Cc1cccc2c(=O)n(-c3ccc(F)cc3)nc(-c3cccc(CCS(N)(=O)=O)c3)c12. The van der Waals surface area contributed by atoms with Gasteiger partial charge >= 0.3 is 0 Å². The van der Waals surface area contributed by atoms with Gasteiger partial charge in [0, 0.05) is 10.9 Å². The molecule has 0 amide bonds. The first-order valence-electron chi connectivity index (χ1n) is 9.61. The monoisotopic (exact) mass is 437 g/mol. The summed E-state index contributed by atoms with van der Waals surface area (Å²) in [5.74, 6) is -0.574. The van der Waals surface area contributed by atoms with E-state index in [-0.39, 0.29) is 17.7 Å². The lowest BCUT2D eigenvalue weighted by Crippen LogP contribution is -2.22. The van der Waals surface area contributed by atoms with Gasteiger partial charge in [0.1, 0.15) is 5.82 Å². The molecule has 8 heteroatoms. The molecule has 0 spiro atoms. The number of nitrogens with zero attached hydrogens (tertiary/aromatic N) is 2. The molecule has 0 saturated carbocycles. The van der Waals surface area contributed by atoms with Crippen LogP contribution in [0.2, 0.25) is 0 Å². The third kappa shape index (κ3) is 4.40. The van der Waals surface area contributed by atoms with E-state index in [4.69, 9.17) is 5.14 Å². The fourth-order valence-corrected chi connectivity index (χ4v) is 4.08. The Morgan fingerprint density at radius 3 is 2.45 bits per heavy atom. The molecule has 0 aliphatic carbocycles. The Morgan fingerprint density at radius 1 is 1.03 bits per heavy atom. The van der Waals surface area contributed by atoms with Crippen LogP contribution in [0.25, 0.3) is 27.7 Å². The first-order valence-corrected chi connectivity index (χ1v) is 11.3. The maximum absolute atomic E-state index is 13.4. The Bertz CT molecular complexity index is 1450. The van der Waals surface area contributed by atoms with Crippen LogP contribution in [0, 0.1) is 12.7 Å². The number of aromatic nitrogens is 2. The predicted octanol–water partition coefficient (Wildman–Crippen LogP) is 3.33. The number of fused-ring (bicyclic) bond motifs is 1. The Morgan fingerprint density at radius 2 is 1.74 bits per heavy atom. The summed E-state index contributed by atoms with van der Waals surface area (Å²) in [5, 5.41) is 11.0. The van der Waals surface area contributed by atoms with Crippen LogP contribution in [0.15, 0.2) is 71.5 Å². The van der Waals surface area contributed by atoms with E-state index in [1.807, 2.05) is 37.3 Å². The number of nitrogens with two attached hydrogens (primary N) is 1. The van der Waals surface area contributed by atoms with Gasteiger partial charge in [0.15, 0.2) is 0 Å². The van der Waals surface area contributed by atoms with Crippen LogP contribution in [-0.4, -0.2) is 24.0 Å². The van der Waals surface area contributed by atoms with E-state index in [2.05, 4.69) is 5.10 Å². The van der Waals surface area contributed by atoms with E-state index in [9.17, 15) is 17.6 Å². The Labute approximate surface area is 178 Å². The van der Waals surface area contributed by atoms with Crippen LogP contribution in [0.1, 0.15) is 11.1 Å². The lowest BCUT2D eigenvalue weighted by atomic mass is 9.99. The number of benzene rings is 3. The second-order valence-corrected chi connectivity index (χ2v) is 9.09. The van der Waals surface area contributed by atoms with Crippen LogP contribution in [0.3, 0.4) is 0 Å². The number of aryl methyl sites for hydroxylation is 2. The highest BCUT2D eigenvalue weighted by atomic mass is 32.2. The van der Waals surface area contributed by atoms with Gasteiger partial charge in [-0.2, -0.15) is 9.78 Å². The van der Waals surface area contributed by atoms with Gasteiger partial charge in [-0.1, -0.05) is 30.3 Å². The van der Waals surface area contributed by atoms with Gasteiger partial charge in [0.2, 0.25) is 10.0 Å². The molecule has 0 radical (unpaired) electrons. The normalized spacial score (nSPS) is 11.7. The molecule has 0 unspecified atom stereocenters. The van der Waals surface area contributed by atoms with Crippen LogP contribution >= 0.6 is 0 Å². The van der Waals surface area contributed by atoms with E-state index in [1.54, 1.807) is 12.1 Å². The van der Waals surface area contributed by atoms with Crippen molar-refractivity contribution in [2.45, 2.75) is 13.3 Å². The molecular formula is C23H20FN3O3S. The largest absolute Gasteiger partial charge is 0.279 e. The standard InChI is InChI=1S/C23H20FN3O3S/c1-15-4-2-7-20-21(15)22(17-6-3-5-16(14-17)12-13-31(25,29)30)26-27(23(20)28)19-10-8-18(24)9-11-19/h2-11,14H,12-13H2,1H3,(H2,25,29,30). The summed E-state index contributed by atoms with van der Waals surface area (Å²) < 4.78 is 37.3. The number of hydrogen-bond donors (Lipinski definition) is 1. The summed E-state index contributed by atoms with van der Waals surface area (Å²) >= 11 is 0. The van der Waals surface area contributed by atoms with Crippen LogP contribution < -0.4 is 10.7 Å². The molecule has 4 rings (SSSR count). The van der Waals surface area contributed by atoms with Gasteiger partial charge in [-0.15, -0.1) is 0 Å². The molecule has 1 heterocycles. The van der Waals surface area contributed by atoms with Gasteiger partial charge in [-0.3, -0.25) is 4.79 Å². The van der Waals surface area contributed by atoms with Crippen molar-refractivity contribution >= 4 is 20.8 Å². The maximum Gasteiger partial charge on any atom is 0.279 e. The van der Waals surface area contributed by atoms with Crippen molar-refractivity contribution in [1.82, 2.24) is 9.78 Å². The average Bonchev–Trinajstić information content (AvgIpc) is 2.74. The smallest absolute Gasteiger partial charge is 0.267 e. The molecule has 4 aromatic rings. The molecule has 0 bridgehead atoms. The van der Waals surface area contributed by atoms with Crippen LogP contribution in [0.5, 0.6) is 0 Å². The number of primary sulfonamides is 1.